The molecule has 4 heteroatoms. The minimum Gasteiger partial charge on any atom is -0.462 e. The molecule has 2 saturated carbocycles. The van der Waals surface area contributed by atoms with Crippen LogP contribution in [0, 0.1) is 5.92 Å². The molecule has 0 aromatic rings. The summed E-state index contributed by atoms with van der Waals surface area (Å²) in [6.07, 6.45) is 18.1. The van der Waals surface area contributed by atoms with E-state index in [1.54, 1.807) is 0 Å². The van der Waals surface area contributed by atoms with Crippen molar-refractivity contribution in [3.8, 4) is 0 Å². The van der Waals surface area contributed by atoms with Crippen molar-refractivity contribution in [3.05, 3.63) is 0 Å². The van der Waals surface area contributed by atoms with E-state index in [1.165, 1.54) is 38.5 Å². The molecule has 156 valence electrons. The molecule has 2 aliphatic carbocycles. The summed E-state index contributed by atoms with van der Waals surface area (Å²) >= 11 is 0. The van der Waals surface area contributed by atoms with E-state index in [0.29, 0.717) is 6.42 Å². The van der Waals surface area contributed by atoms with E-state index in [9.17, 15) is 9.59 Å². The zero-order valence-electron chi connectivity index (χ0n) is 17.4. The van der Waals surface area contributed by atoms with Crippen LogP contribution in [-0.4, -0.2) is 24.1 Å². The van der Waals surface area contributed by atoms with Gasteiger partial charge in [0.25, 0.3) is 0 Å². The Morgan fingerprint density at radius 1 is 0.704 bits per heavy atom. The predicted molar refractivity (Wildman–Crippen MR) is 107 cm³/mol. The minimum absolute atomic E-state index is 0.000727. The number of rotatable bonds is 11. The first kappa shape index (κ1) is 22.2. The molecule has 0 N–H and O–H groups in total. The second-order valence-electron chi connectivity index (χ2n) is 8.50. The molecule has 2 fully saturated rings. The summed E-state index contributed by atoms with van der Waals surface area (Å²) in [7, 11) is 0. The van der Waals surface area contributed by atoms with Crippen LogP contribution in [0.15, 0.2) is 0 Å². The highest BCUT2D eigenvalue weighted by molar-refractivity contribution is 5.95. The molecular formula is C23H40O4. The molecule has 2 rings (SSSR count). The van der Waals surface area contributed by atoms with Crippen LogP contribution in [0.3, 0.4) is 0 Å². The number of carbonyl (C=O) groups is 2. The highest BCUT2D eigenvalue weighted by Crippen LogP contribution is 2.25. The number of carbonyl (C=O) groups excluding carboxylic acids is 2. The number of ether oxygens (including phenoxy) is 2. The van der Waals surface area contributed by atoms with Gasteiger partial charge in [-0.2, -0.15) is 0 Å². The van der Waals surface area contributed by atoms with Crippen LogP contribution in [0.4, 0.5) is 0 Å². The first-order valence-corrected chi connectivity index (χ1v) is 11.6. The van der Waals surface area contributed by atoms with E-state index in [-0.39, 0.29) is 24.1 Å². The lowest BCUT2D eigenvalue weighted by Crippen LogP contribution is -2.34. The number of unbranched alkanes of at least 4 members (excludes halogenated alkanes) is 5. The third kappa shape index (κ3) is 8.66. The predicted octanol–water partition coefficient (Wildman–Crippen LogP) is 6.11. The molecule has 0 bridgehead atoms. The fourth-order valence-electron chi connectivity index (χ4n) is 4.32. The number of hydrogen-bond acceptors (Lipinski definition) is 4. The zero-order chi connectivity index (χ0) is 19.3. The highest BCUT2D eigenvalue weighted by atomic mass is 16.6. The van der Waals surface area contributed by atoms with Crippen molar-refractivity contribution in [2.75, 3.05) is 0 Å². The quantitative estimate of drug-likeness (QED) is 0.247. The van der Waals surface area contributed by atoms with Gasteiger partial charge in [0.2, 0.25) is 0 Å². The van der Waals surface area contributed by atoms with Crippen molar-refractivity contribution in [3.63, 3.8) is 0 Å². The smallest absolute Gasteiger partial charge is 0.320 e. The Morgan fingerprint density at radius 2 is 1.15 bits per heavy atom. The Labute approximate surface area is 165 Å². The third-order valence-electron chi connectivity index (χ3n) is 6.09. The normalized spacial score (nSPS) is 19.2. The average Bonchev–Trinajstić information content (AvgIpc) is 2.68. The average molecular weight is 381 g/mol. The molecule has 27 heavy (non-hydrogen) atoms. The Kier molecular flexibility index (Phi) is 10.8. The molecule has 0 aliphatic heterocycles. The van der Waals surface area contributed by atoms with Gasteiger partial charge in [-0.3, -0.25) is 9.59 Å². The standard InChI is InChI=1S/C23H40O4/c1-2-3-4-5-6-13-18-21(22(24)26-19-14-9-7-10-15-19)23(25)27-20-16-11-8-12-17-20/h19-21H,2-18H2,1H3. The van der Waals surface area contributed by atoms with Gasteiger partial charge in [-0.05, 0) is 57.8 Å². The fraction of sp³-hybridized carbons (Fsp3) is 0.913. The van der Waals surface area contributed by atoms with Crippen molar-refractivity contribution in [1.82, 2.24) is 0 Å². The van der Waals surface area contributed by atoms with Gasteiger partial charge in [0.05, 0.1) is 0 Å². The summed E-state index contributed by atoms with van der Waals surface area (Å²) in [5.74, 6) is -1.40. The fourth-order valence-corrected chi connectivity index (χ4v) is 4.32. The van der Waals surface area contributed by atoms with Gasteiger partial charge in [0.15, 0.2) is 5.92 Å². The van der Waals surface area contributed by atoms with Crippen LogP contribution in [0.1, 0.15) is 116 Å². The van der Waals surface area contributed by atoms with Crippen molar-refractivity contribution < 1.29 is 19.1 Å². The summed E-state index contributed by atoms with van der Waals surface area (Å²) < 4.78 is 11.4. The topological polar surface area (TPSA) is 52.6 Å². The van der Waals surface area contributed by atoms with Gasteiger partial charge in [-0.25, -0.2) is 0 Å². The van der Waals surface area contributed by atoms with Gasteiger partial charge in [-0.15, -0.1) is 0 Å². The zero-order valence-corrected chi connectivity index (χ0v) is 17.4. The lowest BCUT2D eigenvalue weighted by molar-refractivity contribution is -0.170. The van der Waals surface area contributed by atoms with E-state index in [0.717, 1.165) is 64.2 Å². The molecule has 0 spiro atoms. The van der Waals surface area contributed by atoms with E-state index < -0.39 is 5.92 Å². The highest BCUT2D eigenvalue weighted by Gasteiger charge is 2.33. The molecule has 0 aromatic heterocycles. The third-order valence-corrected chi connectivity index (χ3v) is 6.09. The molecule has 0 atom stereocenters. The van der Waals surface area contributed by atoms with Crippen LogP contribution in [0.25, 0.3) is 0 Å². The first-order chi connectivity index (χ1) is 13.2. The minimum atomic E-state index is -0.722. The molecular weight excluding hydrogens is 340 g/mol. The van der Waals surface area contributed by atoms with Crippen LogP contribution in [0.5, 0.6) is 0 Å². The molecule has 0 unspecified atom stereocenters. The summed E-state index contributed by atoms with van der Waals surface area (Å²) in [5.41, 5.74) is 0. The van der Waals surface area contributed by atoms with Crippen molar-refractivity contribution in [2.45, 2.75) is 128 Å². The van der Waals surface area contributed by atoms with Gasteiger partial charge in [0, 0.05) is 0 Å². The molecule has 0 heterocycles. The first-order valence-electron chi connectivity index (χ1n) is 11.6. The molecule has 2 aliphatic rings. The van der Waals surface area contributed by atoms with Crippen molar-refractivity contribution in [1.29, 1.82) is 0 Å². The Bertz CT molecular complexity index is 390. The maximum absolute atomic E-state index is 12.7. The van der Waals surface area contributed by atoms with Crippen LogP contribution in [-0.2, 0) is 19.1 Å². The Morgan fingerprint density at radius 3 is 1.63 bits per heavy atom. The summed E-state index contributed by atoms with van der Waals surface area (Å²) in [5, 5.41) is 0. The molecule has 0 radical (unpaired) electrons. The van der Waals surface area contributed by atoms with Gasteiger partial charge < -0.3 is 9.47 Å². The Balaban J connectivity index is 1.83. The second kappa shape index (κ2) is 13.2. The maximum Gasteiger partial charge on any atom is 0.320 e. The summed E-state index contributed by atoms with van der Waals surface area (Å²) in [4.78, 5) is 25.5. The van der Waals surface area contributed by atoms with Crippen LogP contribution >= 0.6 is 0 Å². The lowest BCUT2D eigenvalue weighted by Gasteiger charge is -2.26. The number of hydrogen-bond donors (Lipinski definition) is 0. The summed E-state index contributed by atoms with van der Waals surface area (Å²) in [6.45, 7) is 2.21. The van der Waals surface area contributed by atoms with Crippen molar-refractivity contribution in [2.24, 2.45) is 5.92 Å². The van der Waals surface area contributed by atoms with Crippen LogP contribution < -0.4 is 0 Å². The van der Waals surface area contributed by atoms with E-state index in [4.69, 9.17) is 9.47 Å². The van der Waals surface area contributed by atoms with Crippen LogP contribution in [0.2, 0.25) is 0 Å². The lowest BCUT2D eigenvalue weighted by atomic mass is 9.96. The monoisotopic (exact) mass is 380 g/mol. The molecule has 0 aromatic carbocycles. The molecule has 4 nitrogen and oxygen atoms in total. The largest absolute Gasteiger partial charge is 0.462 e. The van der Waals surface area contributed by atoms with Crippen molar-refractivity contribution >= 4 is 11.9 Å². The van der Waals surface area contributed by atoms with E-state index >= 15 is 0 Å². The Hall–Kier alpha value is -1.06. The van der Waals surface area contributed by atoms with E-state index in [1.807, 2.05) is 0 Å². The van der Waals surface area contributed by atoms with Gasteiger partial charge in [-0.1, -0.05) is 58.3 Å². The SMILES string of the molecule is CCCCCCCCC(C(=O)OC1CCCCC1)C(=O)OC1CCCCC1. The molecule has 0 saturated heterocycles. The molecule has 0 amide bonds. The van der Waals surface area contributed by atoms with Gasteiger partial charge in [0.1, 0.15) is 12.2 Å². The second-order valence-corrected chi connectivity index (χ2v) is 8.50. The summed E-state index contributed by atoms with van der Waals surface area (Å²) in [6, 6.07) is 0. The van der Waals surface area contributed by atoms with E-state index in [2.05, 4.69) is 6.92 Å². The maximum atomic E-state index is 12.7. The van der Waals surface area contributed by atoms with Gasteiger partial charge >= 0.3 is 11.9 Å². The number of esters is 2.